The van der Waals surface area contributed by atoms with Crippen LogP contribution in [-0.4, -0.2) is 35.6 Å². The van der Waals surface area contributed by atoms with Gasteiger partial charge in [-0.3, -0.25) is 4.79 Å². The minimum atomic E-state index is -0.685. The highest BCUT2D eigenvalue weighted by molar-refractivity contribution is 5.66. The first-order valence-electron chi connectivity index (χ1n) is 4.23. The lowest BCUT2D eigenvalue weighted by Gasteiger charge is -2.25. The van der Waals surface area contributed by atoms with Crippen molar-refractivity contribution in [2.45, 2.75) is 25.7 Å². The minimum Gasteiger partial charge on any atom is -1.00 e. The Kier molecular flexibility index (Phi) is 6.11. The number of halogens is 1. The molecule has 0 unspecified atom stereocenters. The number of carbonyl (C=O) groups is 1. The van der Waals surface area contributed by atoms with Crippen LogP contribution in [0.5, 0.6) is 0 Å². The van der Waals surface area contributed by atoms with Gasteiger partial charge in [-0.05, 0) is 25.9 Å². The van der Waals surface area contributed by atoms with Crippen LogP contribution in [0.2, 0.25) is 0 Å². The van der Waals surface area contributed by atoms with Gasteiger partial charge in [0.05, 0.1) is 6.42 Å². The maximum atomic E-state index is 10.2. The number of nitrogens with zero attached hydrogens (tertiary/aromatic N) is 1. The van der Waals surface area contributed by atoms with Gasteiger partial charge in [-0.2, -0.15) is 0 Å². The van der Waals surface area contributed by atoms with Crippen LogP contribution in [-0.2, 0) is 4.79 Å². The van der Waals surface area contributed by atoms with E-state index in [2.05, 4.69) is 4.90 Å². The fourth-order valence-electron chi connectivity index (χ4n) is 1.44. The Labute approximate surface area is 79.2 Å². The molecule has 4 heteroatoms. The van der Waals surface area contributed by atoms with Crippen molar-refractivity contribution < 1.29 is 22.3 Å². The van der Waals surface area contributed by atoms with Crippen LogP contribution in [0.15, 0.2) is 0 Å². The van der Waals surface area contributed by atoms with E-state index < -0.39 is 5.97 Å². The number of aliphatic carboxylic acids is 1. The predicted octanol–water partition coefficient (Wildman–Crippen LogP) is -2.05. The Morgan fingerprint density at radius 3 is 2.33 bits per heavy atom. The number of piperidine rings is 1. The predicted molar refractivity (Wildman–Crippen MR) is 42.5 cm³/mol. The van der Waals surface area contributed by atoms with Crippen LogP contribution in [0.25, 0.3) is 0 Å². The Morgan fingerprint density at radius 1 is 1.25 bits per heavy atom. The second kappa shape index (κ2) is 6.26. The number of likely N-dealkylation sites (tertiary alicyclic amines) is 1. The molecule has 0 aliphatic carbocycles. The first kappa shape index (κ1) is 11.7. The number of hydrogen-bond donors (Lipinski definition) is 1. The maximum Gasteiger partial charge on any atom is 0.304 e. The molecule has 0 aromatic carbocycles. The molecular weight excluding hydrogens is 178 g/mol. The third kappa shape index (κ3) is 4.57. The van der Waals surface area contributed by atoms with Crippen molar-refractivity contribution in [3.8, 4) is 0 Å². The summed E-state index contributed by atoms with van der Waals surface area (Å²) in [6, 6.07) is 0. The van der Waals surface area contributed by atoms with Crippen molar-refractivity contribution in [1.82, 2.24) is 4.90 Å². The summed E-state index contributed by atoms with van der Waals surface area (Å²) in [7, 11) is 0. The number of carboxylic acid groups (broad SMARTS) is 1. The molecule has 0 bridgehead atoms. The van der Waals surface area contributed by atoms with E-state index in [1.54, 1.807) is 0 Å². The summed E-state index contributed by atoms with van der Waals surface area (Å²) in [5.74, 6) is -0.685. The third-order valence-electron chi connectivity index (χ3n) is 2.09. The normalized spacial score (nSPS) is 18.3. The van der Waals surface area contributed by atoms with Crippen LogP contribution >= 0.6 is 0 Å². The summed E-state index contributed by atoms with van der Waals surface area (Å²) >= 11 is 0. The van der Waals surface area contributed by atoms with Crippen molar-refractivity contribution in [2.24, 2.45) is 0 Å². The molecule has 1 rings (SSSR count). The molecule has 72 valence electrons. The molecule has 1 aliphatic heterocycles. The first-order chi connectivity index (χ1) is 5.29. The molecule has 1 fully saturated rings. The van der Waals surface area contributed by atoms with E-state index in [0.29, 0.717) is 6.42 Å². The molecule has 1 aliphatic rings. The van der Waals surface area contributed by atoms with Gasteiger partial charge in [0.1, 0.15) is 0 Å². The Hall–Kier alpha value is -0.280. The van der Waals surface area contributed by atoms with E-state index in [1.807, 2.05) is 0 Å². The molecule has 0 aromatic heterocycles. The molecular formula is C8H15ClNO2-. The Morgan fingerprint density at radius 2 is 1.83 bits per heavy atom. The van der Waals surface area contributed by atoms with Crippen molar-refractivity contribution in [1.29, 1.82) is 0 Å². The summed E-state index contributed by atoms with van der Waals surface area (Å²) in [5.41, 5.74) is 0. The molecule has 1 N–H and O–H groups in total. The summed E-state index contributed by atoms with van der Waals surface area (Å²) in [6.45, 7) is 2.91. The van der Waals surface area contributed by atoms with Crippen molar-refractivity contribution in [2.75, 3.05) is 19.6 Å². The highest BCUT2D eigenvalue weighted by Crippen LogP contribution is 2.08. The van der Waals surface area contributed by atoms with Crippen LogP contribution in [0.3, 0.4) is 0 Å². The Balaban J connectivity index is 0.00000121. The van der Waals surface area contributed by atoms with E-state index in [4.69, 9.17) is 5.11 Å². The second-order valence-electron chi connectivity index (χ2n) is 3.05. The monoisotopic (exact) mass is 192 g/mol. The van der Waals surface area contributed by atoms with Gasteiger partial charge in [0.15, 0.2) is 0 Å². The topological polar surface area (TPSA) is 40.5 Å². The Bertz CT molecular complexity index is 135. The smallest absolute Gasteiger partial charge is 0.304 e. The van der Waals surface area contributed by atoms with Crippen molar-refractivity contribution in [3.05, 3.63) is 0 Å². The summed E-state index contributed by atoms with van der Waals surface area (Å²) in [5, 5.41) is 8.42. The fraction of sp³-hybridized carbons (Fsp3) is 0.875. The van der Waals surface area contributed by atoms with E-state index in [1.165, 1.54) is 19.3 Å². The molecule has 3 nitrogen and oxygen atoms in total. The fourth-order valence-corrected chi connectivity index (χ4v) is 1.44. The molecule has 0 amide bonds. The lowest BCUT2D eigenvalue weighted by Crippen LogP contribution is -3.00. The molecule has 1 saturated heterocycles. The lowest BCUT2D eigenvalue weighted by atomic mass is 10.1. The van der Waals surface area contributed by atoms with E-state index in [0.717, 1.165) is 19.6 Å². The van der Waals surface area contributed by atoms with Crippen LogP contribution in [0.1, 0.15) is 25.7 Å². The second-order valence-corrected chi connectivity index (χ2v) is 3.05. The van der Waals surface area contributed by atoms with Crippen molar-refractivity contribution in [3.63, 3.8) is 0 Å². The molecule has 12 heavy (non-hydrogen) atoms. The summed E-state index contributed by atoms with van der Waals surface area (Å²) < 4.78 is 0. The van der Waals surface area contributed by atoms with Crippen molar-refractivity contribution >= 4 is 5.97 Å². The quantitative estimate of drug-likeness (QED) is 0.560. The van der Waals surface area contributed by atoms with Gasteiger partial charge in [0.2, 0.25) is 0 Å². The van der Waals surface area contributed by atoms with E-state index in [-0.39, 0.29) is 12.4 Å². The highest BCUT2D eigenvalue weighted by atomic mass is 35.5. The molecule has 0 atom stereocenters. The average molecular weight is 193 g/mol. The third-order valence-corrected chi connectivity index (χ3v) is 2.09. The van der Waals surface area contributed by atoms with Gasteiger partial charge in [0.25, 0.3) is 0 Å². The van der Waals surface area contributed by atoms with E-state index in [9.17, 15) is 4.79 Å². The van der Waals surface area contributed by atoms with Crippen LogP contribution in [0, 0.1) is 0 Å². The number of carboxylic acids is 1. The van der Waals surface area contributed by atoms with Crippen LogP contribution in [0.4, 0.5) is 0 Å². The zero-order valence-corrected chi connectivity index (χ0v) is 7.89. The zero-order valence-electron chi connectivity index (χ0n) is 7.13. The van der Waals surface area contributed by atoms with Gasteiger partial charge in [0, 0.05) is 6.54 Å². The SMILES string of the molecule is O=C(O)CCN1CCCCC1.[Cl-]. The number of hydrogen-bond acceptors (Lipinski definition) is 2. The van der Waals surface area contributed by atoms with Gasteiger partial charge in [-0.1, -0.05) is 6.42 Å². The molecule has 0 aromatic rings. The molecule has 0 radical (unpaired) electrons. The van der Waals surface area contributed by atoms with Gasteiger partial charge in [-0.15, -0.1) is 0 Å². The largest absolute Gasteiger partial charge is 1.00 e. The van der Waals surface area contributed by atoms with Gasteiger partial charge >= 0.3 is 5.97 Å². The van der Waals surface area contributed by atoms with Gasteiger partial charge in [-0.25, -0.2) is 0 Å². The average Bonchev–Trinajstić information content (AvgIpc) is 2.03. The highest BCUT2D eigenvalue weighted by Gasteiger charge is 2.10. The first-order valence-corrected chi connectivity index (χ1v) is 4.23. The number of rotatable bonds is 3. The summed E-state index contributed by atoms with van der Waals surface area (Å²) in [6.07, 6.45) is 4.07. The zero-order chi connectivity index (χ0) is 8.10. The lowest BCUT2D eigenvalue weighted by molar-refractivity contribution is -0.137. The van der Waals surface area contributed by atoms with Gasteiger partial charge < -0.3 is 22.4 Å². The molecule has 0 spiro atoms. The van der Waals surface area contributed by atoms with E-state index >= 15 is 0 Å². The van der Waals surface area contributed by atoms with Crippen LogP contribution < -0.4 is 12.4 Å². The minimum absolute atomic E-state index is 0. The maximum absolute atomic E-state index is 10.2. The molecule has 1 heterocycles. The standard InChI is InChI=1S/C8H15NO2.ClH/c10-8(11)4-7-9-5-2-1-3-6-9;/h1-7H2,(H,10,11);1H/p-1. The summed E-state index contributed by atoms with van der Waals surface area (Å²) in [4.78, 5) is 12.4. The molecule has 0 saturated carbocycles.